The smallest absolute Gasteiger partial charge is 0.243 e. The molecule has 4 aromatic carbocycles. The van der Waals surface area contributed by atoms with Gasteiger partial charge in [0, 0.05) is 19.3 Å². The van der Waals surface area contributed by atoms with Gasteiger partial charge in [0.2, 0.25) is 10.0 Å². The van der Waals surface area contributed by atoms with E-state index in [-0.39, 0.29) is 23.8 Å². The lowest BCUT2D eigenvalue weighted by molar-refractivity contribution is 0.401. The summed E-state index contributed by atoms with van der Waals surface area (Å²) in [6.07, 6.45) is 1.61. The summed E-state index contributed by atoms with van der Waals surface area (Å²) in [7, 11) is -3.75. The first-order chi connectivity index (χ1) is 16.0. The van der Waals surface area contributed by atoms with Crippen molar-refractivity contribution in [3.63, 3.8) is 0 Å². The highest BCUT2D eigenvalue weighted by Crippen LogP contribution is 2.23. The molecule has 0 heterocycles. The van der Waals surface area contributed by atoms with Gasteiger partial charge in [0.05, 0.1) is 10.6 Å². The van der Waals surface area contributed by atoms with Gasteiger partial charge < -0.3 is 0 Å². The van der Waals surface area contributed by atoms with Gasteiger partial charge in [-0.05, 0) is 53.1 Å². The Kier molecular flexibility index (Phi) is 7.07. The van der Waals surface area contributed by atoms with E-state index in [1.807, 2.05) is 60.7 Å². The number of aliphatic imine (C=N–C) groups is 1. The van der Waals surface area contributed by atoms with Crippen molar-refractivity contribution in [1.82, 2.24) is 4.31 Å². The van der Waals surface area contributed by atoms with Gasteiger partial charge in [0.15, 0.2) is 0 Å². The Labute approximate surface area is 193 Å². The fourth-order valence-electron chi connectivity index (χ4n) is 3.35. The van der Waals surface area contributed by atoms with Gasteiger partial charge >= 0.3 is 0 Å². The second-order valence-corrected chi connectivity index (χ2v) is 9.49. The van der Waals surface area contributed by atoms with Crippen LogP contribution in [-0.4, -0.2) is 18.9 Å². The van der Waals surface area contributed by atoms with Crippen molar-refractivity contribution in [2.24, 2.45) is 4.99 Å². The molecular weight excluding hydrogens is 435 g/mol. The Bertz CT molecular complexity index is 1260. The van der Waals surface area contributed by atoms with E-state index in [9.17, 15) is 12.8 Å². The molecule has 4 rings (SSSR count). The minimum absolute atomic E-state index is 0.204. The van der Waals surface area contributed by atoms with E-state index >= 15 is 0 Å². The molecule has 0 unspecified atom stereocenters. The molecule has 0 amide bonds. The Balaban J connectivity index is 1.57. The van der Waals surface area contributed by atoms with Crippen LogP contribution in [0.5, 0.6) is 0 Å². The van der Waals surface area contributed by atoms with Crippen LogP contribution in [0.3, 0.4) is 0 Å². The van der Waals surface area contributed by atoms with Crippen molar-refractivity contribution >= 4 is 21.9 Å². The predicted octanol–water partition coefficient (Wildman–Crippen LogP) is 5.97. The normalized spacial score (nSPS) is 11.8. The monoisotopic (exact) mass is 458 g/mol. The molecule has 0 atom stereocenters. The zero-order chi connectivity index (χ0) is 23.1. The third-order valence-electron chi connectivity index (χ3n) is 5.11. The van der Waals surface area contributed by atoms with Crippen LogP contribution in [-0.2, 0) is 23.1 Å². The summed E-state index contributed by atoms with van der Waals surface area (Å²) in [6, 6.07) is 31.5. The third kappa shape index (κ3) is 6.00. The van der Waals surface area contributed by atoms with Crippen molar-refractivity contribution in [3.8, 4) is 0 Å². The number of hydrogen-bond donors (Lipinski definition) is 0. The Morgan fingerprint density at radius 3 is 1.73 bits per heavy atom. The lowest BCUT2D eigenvalue weighted by Crippen LogP contribution is -2.30. The van der Waals surface area contributed by atoms with Crippen LogP contribution in [0, 0.1) is 5.82 Å². The van der Waals surface area contributed by atoms with E-state index in [4.69, 9.17) is 0 Å². The zero-order valence-corrected chi connectivity index (χ0v) is 18.7. The number of rotatable bonds is 8. The third-order valence-corrected chi connectivity index (χ3v) is 6.92. The Hall–Kier alpha value is -3.61. The zero-order valence-electron chi connectivity index (χ0n) is 17.9. The van der Waals surface area contributed by atoms with Crippen LogP contribution >= 0.6 is 0 Å². The predicted molar refractivity (Wildman–Crippen MR) is 129 cm³/mol. The molecular formula is C27H23FN2O2S. The average Bonchev–Trinajstić information content (AvgIpc) is 2.85. The minimum atomic E-state index is -3.75. The van der Waals surface area contributed by atoms with E-state index in [1.165, 1.54) is 16.4 Å². The lowest BCUT2D eigenvalue weighted by Gasteiger charge is -2.22. The SMILES string of the molecule is O=S(=O)(c1ccc(N=Cc2ccc(F)cc2)cc1)N(Cc1ccccc1)Cc1ccccc1. The highest BCUT2D eigenvalue weighted by molar-refractivity contribution is 7.89. The topological polar surface area (TPSA) is 49.7 Å². The second-order valence-electron chi connectivity index (χ2n) is 7.55. The molecule has 0 N–H and O–H groups in total. The van der Waals surface area contributed by atoms with E-state index in [2.05, 4.69) is 4.99 Å². The van der Waals surface area contributed by atoms with Gasteiger partial charge in [-0.2, -0.15) is 4.31 Å². The van der Waals surface area contributed by atoms with Gasteiger partial charge in [0.1, 0.15) is 5.82 Å². The maximum absolute atomic E-state index is 13.5. The number of hydrogen-bond acceptors (Lipinski definition) is 3. The molecule has 6 heteroatoms. The van der Waals surface area contributed by atoms with Crippen LogP contribution in [0.15, 0.2) is 119 Å². The average molecular weight is 459 g/mol. The molecule has 4 nitrogen and oxygen atoms in total. The summed E-state index contributed by atoms with van der Waals surface area (Å²) >= 11 is 0. The molecule has 0 bridgehead atoms. The molecule has 0 fully saturated rings. The van der Waals surface area contributed by atoms with E-state index < -0.39 is 10.0 Å². The van der Waals surface area contributed by atoms with Crippen molar-refractivity contribution < 1.29 is 12.8 Å². The standard InChI is InChI=1S/C27H23FN2O2S/c28-25-13-11-22(12-14-25)19-29-26-15-17-27(18-16-26)33(31,32)30(20-23-7-3-1-4-8-23)21-24-9-5-2-6-10-24/h1-19H,20-21H2. The second kappa shape index (κ2) is 10.3. The van der Waals surface area contributed by atoms with Crippen molar-refractivity contribution in [2.45, 2.75) is 18.0 Å². The Morgan fingerprint density at radius 2 is 1.21 bits per heavy atom. The summed E-state index contributed by atoms with van der Waals surface area (Å²) in [4.78, 5) is 4.56. The number of sulfonamides is 1. The fourth-order valence-corrected chi connectivity index (χ4v) is 4.77. The summed E-state index contributed by atoms with van der Waals surface area (Å²) in [5.74, 6) is -0.308. The molecule has 0 aliphatic heterocycles. The largest absolute Gasteiger partial charge is 0.256 e. The summed E-state index contributed by atoms with van der Waals surface area (Å²) in [6.45, 7) is 0.533. The van der Waals surface area contributed by atoms with Gasteiger partial charge in [-0.25, -0.2) is 12.8 Å². The lowest BCUT2D eigenvalue weighted by atomic mass is 10.2. The van der Waals surface area contributed by atoms with Gasteiger partial charge in [-0.3, -0.25) is 4.99 Å². The molecule has 0 aliphatic carbocycles. The highest BCUT2D eigenvalue weighted by Gasteiger charge is 2.25. The van der Waals surface area contributed by atoms with Crippen LogP contribution in [0.4, 0.5) is 10.1 Å². The molecule has 166 valence electrons. The molecule has 33 heavy (non-hydrogen) atoms. The summed E-state index contributed by atoms with van der Waals surface area (Å²) < 4.78 is 41.6. The van der Waals surface area contributed by atoms with Crippen LogP contribution in [0.2, 0.25) is 0 Å². The minimum Gasteiger partial charge on any atom is -0.256 e. The van der Waals surface area contributed by atoms with Crippen molar-refractivity contribution in [2.75, 3.05) is 0 Å². The van der Waals surface area contributed by atoms with Crippen molar-refractivity contribution in [3.05, 3.63) is 132 Å². The number of benzene rings is 4. The molecule has 0 saturated carbocycles. The van der Waals surface area contributed by atoms with E-state index in [0.29, 0.717) is 5.69 Å². The maximum Gasteiger partial charge on any atom is 0.243 e. The van der Waals surface area contributed by atoms with Gasteiger partial charge in [-0.1, -0.05) is 72.8 Å². The molecule has 0 aliphatic rings. The molecule has 0 radical (unpaired) electrons. The number of halogens is 1. The Morgan fingerprint density at radius 1 is 0.697 bits per heavy atom. The van der Waals surface area contributed by atoms with E-state index in [1.54, 1.807) is 42.6 Å². The molecule has 0 spiro atoms. The first kappa shape index (κ1) is 22.6. The fraction of sp³-hybridized carbons (Fsp3) is 0.0741. The number of nitrogens with zero attached hydrogens (tertiary/aromatic N) is 2. The van der Waals surface area contributed by atoms with Gasteiger partial charge in [-0.15, -0.1) is 0 Å². The maximum atomic E-state index is 13.5. The summed E-state index contributed by atoms with van der Waals surface area (Å²) in [5, 5.41) is 0. The van der Waals surface area contributed by atoms with Crippen molar-refractivity contribution in [1.29, 1.82) is 0 Å². The van der Waals surface area contributed by atoms with Crippen LogP contribution in [0.25, 0.3) is 0 Å². The quantitative estimate of drug-likeness (QED) is 0.306. The van der Waals surface area contributed by atoms with Gasteiger partial charge in [0.25, 0.3) is 0 Å². The van der Waals surface area contributed by atoms with E-state index in [0.717, 1.165) is 16.7 Å². The first-order valence-corrected chi connectivity index (χ1v) is 11.9. The highest BCUT2D eigenvalue weighted by atomic mass is 32.2. The molecule has 4 aromatic rings. The molecule has 0 saturated heterocycles. The van der Waals surface area contributed by atoms with Crippen LogP contribution < -0.4 is 0 Å². The molecule has 0 aromatic heterocycles. The first-order valence-electron chi connectivity index (χ1n) is 10.5. The summed E-state index contributed by atoms with van der Waals surface area (Å²) in [5.41, 5.74) is 3.19. The van der Waals surface area contributed by atoms with Crippen LogP contribution in [0.1, 0.15) is 16.7 Å².